The SMILES string of the molecule is O=[N+]([O-])c1cnc2cc(F)ccc2c1O. The fraction of sp³-hybridized carbons (Fsp3) is 0. The van der Waals surface area contributed by atoms with Crippen molar-refractivity contribution in [3.8, 4) is 5.75 Å². The maximum Gasteiger partial charge on any atom is 0.329 e. The zero-order valence-corrected chi connectivity index (χ0v) is 7.35. The lowest BCUT2D eigenvalue weighted by molar-refractivity contribution is -0.386. The largest absolute Gasteiger partial charge is 0.502 e. The van der Waals surface area contributed by atoms with Crippen LogP contribution < -0.4 is 0 Å². The van der Waals surface area contributed by atoms with Gasteiger partial charge in [0.15, 0.2) is 0 Å². The molecule has 0 amide bonds. The normalized spacial score (nSPS) is 10.5. The number of aromatic hydroxyl groups is 1. The number of hydrogen-bond acceptors (Lipinski definition) is 4. The Balaban J connectivity index is 2.80. The molecule has 0 saturated heterocycles. The summed E-state index contributed by atoms with van der Waals surface area (Å²) < 4.78 is 12.8. The highest BCUT2D eigenvalue weighted by atomic mass is 19.1. The molecule has 76 valence electrons. The molecular weight excluding hydrogens is 203 g/mol. The molecule has 0 aliphatic heterocycles. The van der Waals surface area contributed by atoms with Crippen LogP contribution in [0, 0.1) is 15.9 Å². The predicted molar refractivity (Wildman–Crippen MR) is 50.0 cm³/mol. The first-order chi connectivity index (χ1) is 7.09. The molecule has 0 aliphatic rings. The number of rotatable bonds is 1. The highest BCUT2D eigenvalue weighted by Crippen LogP contribution is 2.32. The lowest BCUT2D eigenvalue weighted by atomic mass is 10.2. The average Bonchev–Trinajstić information content (AvgIpc) is 2.17. The molecule has 0 fully saturated rings. The van der Waals surface area contributed by atoms with Crippen LogP contribution in [-0.2, 0) is 0 Å². The minimum absolute atomic E-state index is 0.158. The van der Waals surface area contributed by atoms with Crippen LogP contribution in [0.5, 0.6) is 5.75 Å². The zero-order chi connectivity index (χ0) is 11.0. The second kappa shape index (κ2) is 3.16. The Morgan fingerprint density at radius 1 is 1.47 bits per heavy atom. The van der Waals surface area contributed by atoms with Gasteiger partial charge in [0.1, 0.15) is 12.0 Å². The molecule has 1 aromatic heterocycles. The van der Waals surface area contributed by atoms with Gasteiger partial charge >= 0.3 is 5.69 Å². The van der Waals surface area contributed by atoms with Gasteiger partial charge in [0, 0.05) is 11.5 Å². The van der Waals surface area contributed by atoms with Crippen LogP contribution in [0.25, 0.3) is 10.9 Å². The van der Waals surface area contributed by atoms with Gasteiger partial charge in [-0.05, 0) is 12.1 Å². The van der Waals surface area contributed by atoms with Crippen molar-refractivity contribution in [1.29, 1.82) is 0 Å². The standard InChI is InChI=1S/C9H5FN2O3/c10-5-1-2-6-7(3-5)11-4-8(9(6)13)12(14)15/h1-4H,(H,11,13). The van der Waals surface area contributed by atoms with Crippen molar-refractivity contribution < 1.29 is 14.4 Å². The lowest BCUT2D eigenvalue weighted by Crippen LogP contribution is -1.91. The van der Waals surface area contributed by atoms with Gasteiger partial charge in [-0.15, -0.1) is 0 Å². The van der Waals surface area contributed by atoms with Gasteiger partial charge in [-0.1, -0.05) is 0 Å². The number of benzene rings is 1. The van der Waals surface area contributed by atoms with Gasteiger partial charge < -0.3 is 5.11 Å². The second-order valence-corrected chi connectivity index (χ2v) is 2.91. The van der Waals surface area contributed by atoms with Crippen molar-refractivity contribution in [2.45, 2.75) is 0 Å². The van der Waals surface area contributed by atoms with Crippen LogP contribution in [0.2, 0.25) is 0 Å². The summed E-state index contributed by atoms with van der Waals surface area (Å²) in [4.78, 5) is 13.4. The minimum atomic E-state index is -0.745. The Kier molecular flexibility index (Phi) is 1.96. The van der Waals surface area contributed by atoms with Crippen molar-refractivity contribution in [3.05, 3.63) is 40.3 Å². The molecule has 0 saturated carbocycles. The molecule has 2 aromatic rings. The molecule has 15 heavy (non-hydrogen) atoms. The summed E-state index contributed by atoms with van der Waals surface area (Å²) in [5.74, 6) is -1.01. The molecule has 0 aliphatic carbocycles. The van der Waals surface area contributed by atoms with Crippen molar-refractivity contribution >= 4 is 16.6 Å². The van der Waals surface area contributed by atoms with E-state index in [1.165, 1.54) is 6.07 Å². The average molecular weight is 208 g/mol. The summed E-state index contributed by atoms with van der Waals surface area (Å²) in [6.45, 7) is 0. The quantitative estimate of drug-likeness (QED) is 0.574. The van der Waals surface area contributed by atoms with E-state index in [1.54, 1.807) is 0 Å². The predicted octanol–water partition coefficient (Wildman–Crippen LogP) is 1.99. The third-order valence-electron chi connectivity index (χ3n) is 1.98. The van der Waals surface area contributed by atoms with E-state index in [0.29, 0.717) is 0 Å². The highest BCUT2D eigenvalue weighted by molar-refractivity contribution is 5.87. The van der Waals surface area contributed by atoms with Crippen molar-refractivity contribution in [1.82, 2.24) is 4.98 Å². The van der Waals surface area contributed by atoms with Crippen LogP contribution in [0.4, 0.5) is 10.1 Å². The summed E-state index contributed by atoms with van der Waals surface area (Å²) >= 11 is 0. The van der Waals surface area contributed by atoms with Gasteiger partial charge in [-0.25, -0.2) is 9.37 Å². The van der Waals surface area contributed by atoms with Crippen LogP contribution in [0.15, 0.2) is 24.4 Å². The molecule has 6 heteroatoms. The monoisotopic (exact) mass is 208 g/mol. The number of nitrogens with zero attached hydrogens (tertiary/aromatic N) is 2. The fourth-order valence-corrected chi connectivity index (χ4v) is 1.28. The van der Waals surface area contributed by atoms with Crippen LogP contribution in [0.1, 0.15) is 0 Å². The van der Waals surface area contributed by atoms with Gasteiger partial charge in [0.05, 0.1) is 10.4 Å². The summed E-state index contributed by atoms with van der Waals surface area (Å²) in [5.41, 5.74) is -0.313. The Labute approximate surface area is 82.9 Å². The summed E-state index contributed by atoms with van der Waals surface area (Å²) in [6.07, 6.45) is 0.900. The molecule has 5 nitrogen and oxygen atoms in total. The summed E-state index contributed by atoms with van der Waals surface area (Å²) in [6, 6.07) is 3.45. The third kappa shape index (κ3) is 1.45. The molecule has 1 aromatic carbocycles. The number of hydrogen-bond donors (Lipinski definition) is 1. The van der Waals surface area contributed by atoms with E-state index >= 15 is 0 Å². The van der Waals surface area contributed by atoms with E-state index in [9.17, 15) is 19.6 Å². The van der Waals surface area contributed by atoms with Crippen molar-refractivity contribution in [3.63, 3.8) is 0 Å². The van der Waals surface area contributed by atoms with E-state index in [0.717, 1.165) is 18.3 Å². The van der Waals surface area contributed by atoms with E-state index in [4.69, 9.17) is 0 Å². The smallest absolute Gasteiger partial charge is 0.329 e. The van der Waals surface area contributed by atoms with E-state index in [-0.39, 0.29) is 10.9 Å². The Bertz CT molecular complexity index is 556. The van der Waals surface area contributed by atoms with Crippen LogP contribution in [-0.4, -0.2) is 15.0 Å². The molecule has 0 spiro atoms. The first-order valence-corrected chi connectivity index (χ1v) is 4.01. The maximum atomic E-state index is 12.8. The number of pyridine rings is 1. The molecule has 2 rings (SSSR count). The van der Waals surface area contributed by atoms with E-state index < -0.39 is 22.2 Å². The van der Waals surface area contributed by atoms with Crippen LogP contribution >= 0.6 is 0 Å². The molecule has 0 atom stereocenters. The van der Waals surface area contributed by atoms with Gasteiger partial charge in [-0.3, -0.25) is 10.1 Å². The molecule has 0 bridgehead atoms. The Hall–Kier alpha value is -2.24. The molecular formula is C9H5FN2O3. The van der Waals surface area contributed by atoms with Gasteiger partial charge in [0.2, 0.25) is 5.75 Å². The topological polar surface area (TPSA) is 76.3 Å². The van der Waals surface area contributed by atoms with Crippen LogP contribution in [0.3, 0.4) is 0 Å². The Morgan fingerprint density at radius 3 is 2.87 bits per heavy atom. The zero-order valence-electron chi connectivity index (χ0n) is 7.35. The number of aromatic nitrogens is 1. The molecule has 1 N–H and O–H groups in total. The molecule has 1 heterocycles. The van der Waals surface area contributed by atoms with Crippen molar-refractivity contribution in [2.75, 3.05) is 0 Å². The van der Waals surface area contributed by atoms with E-state index in [1.807, 2.05) is 0 Å². The number of nitro groups is 1. The van der Waals surface area contributed by atoms with Gasteiger partial charge in [0.25, 0.3) is 0 Å². The highest BCUT2D eigenvalue weighted by Gasteiger charge is 2.16. The van der Waals surface area contributed by atoms with Gasteiger partial charge in [-0.2, -0.15) is 0 Å². The van der Waals surface area contributed by atoms with Crippen molar-refractivity contribution in [2.24, 2.45) is 0 Å². The maximum absolute atomic E-state index is 12.8. The second-order valence-electron chi connectivity index (χ2n) is 2.91. The number of fused-ring (bicyclic) bond motifs is 1. The molecule has 0 unspecified atom stereocenters. The fourth-order valence-electron chi connectivity index (χ4n) is 1.28. The lowest BCUT2D eigenvalue weighted by Gasteiger charge is -2.00. The summed E-state index contributed by atoms with van der Waals surface area (Å²) in [7, 11) is 0. The molecule has 0 radical (unpaired) electrons. The number of halogens is 1. The third-order valence-corrected chi connectivity index (χ3v) is 1.98. The minimum Gasteiger partial charge on any atom is -0.502 e. The first kappa shape index (κ1) is 9.32. The summed E-state index contributed by atoms with van der Waals surface area (Å²) in [5, 5.41) is 20.1. The first-order valence-electron chi connectivity index (χ1n) is 4.01. The Morgan fingerprint density at radius 2 is 2.20 bits per heavy atom. The van der Waals surface area contributed by atoms with E-state index in [2.05, 4.69) is 4.98 Å².